The van der Waals surface area contributed by atoms with Crippen LogP contribution in [0, 0.1) is 5.41 Å². The van der Waals surface area contributed by atoms with E-state index in [2.05, 4.69) is 24.2 Å². The first-order chi connectivity index (χ1) is 7.35. The third kappa shape index (κ3) is 3.43. The normalized spacial score (nSPS) is 27.8. The maximum Gasteiger partial charge on any atom is 0.240 e. The lowest BCUT2D eigenvalue weighted by Gasteiger charge is -2.38. The van der Waals surface area contributed by atoms with Crippen molar-refractivity contribution in [1.82, 2.24) is 10.3 Å². The number of nitrogens with zero attached hydrogens (tertiary/aromatic N) is 1. The quantitative estimate of drug-likeness (QED) is 0.409. The number of hydrogen-bond acceptors (Lipinski definition) is 4. The Morgan fingerprint density at radius 2 is 1.94 bits per heavy atom. The van der Waals surface area contributed by atoms with E-state index in [1.807, 2.05) is 13.8 Å². The molecule has 0 aliphatic carbocycles. The average Bonchev–Trinajstić information content (AvgIpc) is 2.13. The third-order valence-corrected chi connectivity index (χ3v) is 2.86. The second kappa shape index (κ2) is 5.12. The molecule has 0 bridgehead atoms. The molecule has 1 rings (SSSR count). The van der Waals surface area contributed by atoms with Gasteiger partial charge in [0, 0.05) is 19.6 Å². The van der Waals surface area contributed by atoms with E-state index in [9.17, 15) is 4.79 Å². The van der Waals surface area contributed by atoms with Crippen molar-refractivity contribution >= 4 is 5.91 Å². The topological polar surface area (TPSA) is 67.6 Å². The van der Waals surface area contributed by atoms with Crippen LogP contribution in [0.1, 0.15) is 27.7 Å². The average molecular weight is 229 g/mol. The predicted octanol–water partition coefficient (Wildman–Crippen LogP) is 0.112. The second-order valence-electron chi connectivity index (χ2n) is 5.31. The minimum atomic E-state index is -0.467. The Kier molecular flexibility index (Phi) is 4.29. The van der Waals surface area contributed by atoms with Gasteiger partial charge in [0.25, 0.3) is 0 Å². The molecule has 0 aromatic heterocycles. The van der Waals surface area contributed by atoms with Crippen molar-refractivity contribution in [3.63, 3.8) is 0 Å². The number of hydrogen-bond donors (Lipinski definition) is 2. The Labute approximate surface area is 97.3 Å². The Morgan fingerprint density at radius 3 is 2.38 bits per heavy atom. The summed E-state index contributed by atoms with van der Waals surface area (Å²) >= 11 is 0. The zero-order chi connectivity index (χ0) is 12.3. The van der Waals surface area contributed by atoms with E-state index in [4.69, 9.17) is 10.6 Å². The van der Waals surface area contributed by atoms with Crippen LogP contribution in [-0.4, -0.2) is 42.6 Å². The number of ether oxygens (including phenoxy) is 1. The largest absolute Gasteiger partial charge is 0.373 e. The van der Waals surface area contributed by atoms with E-state index in [0.29, 0.717) is 6.54 Å². The molecule has 1 saturated heterocycles. The molecule has 1 fully saturated rings. The smallest absolute Gasteiger partial charge is 0.240 e. The number of rotatable bonds is 3. The summed E-state index contributed by atoms with van der Waals surface area (Å²) in [5.41, 5.74) is 1.75. The van der Waals surface area contributed by atoms with Gasteiger partial charge in [-0.25, -0.2) is 5.84 Å². The number of amides is 1. The highest BCUT2D eigenvalue weighted by Gasteiger charge is 2.32. The van der Waals surface area contributed by atoms with Gasteiger partial charge in [-0.1, -0.05) is 0 Å². The van der Waals surface area contributed by atoms with E-state index >= 15 is 0 Å². The maximum atomic E-state index is 11.6. The summed E-state index contributed by atoms with van der Waals surface area (Å²) < 4.78 is 5.65. The summed E-state index contributed by atoms with van der Waals surface area (Å²) in [6.45, 7) is 10.3. The molecule has 1 heterocycles. The number of carbonyl (C=O) groups is 1. The van der Waals surface area contributed by atoms with E-state index in [1.54, 1.807) is 0 Å². The van der Waals surface area contributed by atoms with Crippen LogP contribution in [0.25, 0.3) is 0 Å². The molecule has 1 aliphatic rings. The van der Waals surface area contributed by atoms with E-state index in [-0.39, 0.29) is 18.1 Å². The molecule has 5 nitrogen and oxygen atoms in total. The van der Waals surface area contributed by atoms with Crippen LogP contribution in [0.5, 0.6) is 0 Å². The maximum absolute atomic E-state index is 11.6. The molecular formula is C11H23N3O2. The molecule has 16 heavy (non-hydrogen) atoms. The summed E-state index contributed by atoms with van der Waals surface area (Å²) in [5, 5.41) is 0. The van der Waals surface area contributed by atoms with Crippen LogP contribution in [0.3, 0.4) is 0 Å². The fourth-order valence-electron chi connectivity index (χ4n) is 2.24. The number of morpholine rings is 1. The van der Waals surface area contributed by atoms with Crippen LogP contribution in [0.2, 0.25) is 0 Å². The lowest BCUT2D eigenvalue weighted by Crippen LogP contribution is -2.52. The Morgan fingerprint density at radius 1 is 1.44 bits per heavy atom. The van der Waals surface area contributed by atoms with Gasteiger partial charge in [0.15, 0.2) is 0 Å². The van der Waals surface area contributed by atoms with Crippen molar-refractivity contribution in [2.75, 3.05) is 19.6 Å². The van der Waals surface area contributed by atoms with Crippen LogP contribution in [-0.2, 0) is 9.53 Å². The molecule has 0 saturated carbocycles. The minimum Gasteiger partial charge on any atom is -0.373 e. The van der Waals surface area contributed by atoms with Gasteiger partial charge < -0.3 is 4.74 Å². The second-order valence-corrected chi connectivity index (χ2v) is 5.31. The van der Waals surface area contributed by atoms with Gasteiger partial charge in [-0.3, -0.25) is 15.1 Å². The van der Waals surface area contributed by atoms with Crippen molar-refractivity contribution in [2.24, 2.45) is 11.3 Å². The van der Waals surface area contributed by atoms with Gasteiger partial charge in [0.05, 0.1) is 17.6 Å². The van der Waals surface area contributed by atoms with Gasteiger partial charge >= 0.3 is 0 Å². The fourth-order valence-corrected chi connectivity index (χ4v) is 2.24. The molecule has 5 heteroatoms. The van der Waals surface area contributed by atoms with Crippen molar-refractivity contribution in [1.29, 1.82) is 0 Å². The monoisotopic (exact) mass is 229 g/mol. The van der Waals surface area contributed by atoms with Crippen molar-refractivity contribution in [3.8, 4) is 0 Å². The number of nitrogens with two attached hydrogens (primary N) is 1. The summed E-state index contributed by atoms with van der Waals surface area (Å²) in [5.74, 6) is 5.05. The molecule has 1 aliphatic heterocycles. The van der Waals surface area contributed by atoms with Crippen LogP contribution >= 0.6 is 0 Å². The van der Waals surface area contributed by atoms with Crippen LogP contribution < -0.4 is 11.3 Å². The minimum absolute atomic E-state index is 0.126. The van der Waals surface area contributed by atoms with E-state index in [1.165, 1.54) is 0 Å². The highest BCUT2D eigenvalue weighted by molar-refractivity contribution is 5.81. The standard InChI is InChI=1S/C11H23N3O2/c1-8-5-14(6-9(2)16-8)7-11(3,4)10(15)13-12/h8-9H,5-7,12H2,1-4H3,(H,13,15)/t8-,9+. The Bertz CT molecular complexity index is 246. The van der Waals surface area contributed by atoms with Gasteiger partial charge in [-0.05, 0) is 27.7 Å². The first-order valence-electron chi connectivity index (χ1n) is 5.74. The van der Waals surface area contributed by atoms with Gasteiger partial charge in [0.1, 0.15) is 0 Å². The number of hydrazine groups is 1. The molecule has 94 valence electrons. The third-order valence-electron chi connectivity index (χ3n) is 2.86. The summed E-state index contributed by atoms with van der Waals surface area (Å²) in [6, 6.07) is 0. The molecule has 0 radical (unpaired) electrons. The summed E-state index contributed by atoms with van der Waals surface area (Å²) in [4.78, 5) is 13.8. The van der Waals surface area contributed by atoms with Crippen molar-refractivity contribution in [3.05, 3.63) is 0 Å². The van der Waals surface area contributed by atoms with Crippen molar-refractivity contribution in [2.45, 2.75) is 39.9 Å². The zero-order valence-corrected chi connectivity index (χ0v) is 10.6. The van der Waals surface area contributed by atoms with Gasteiger partial charge in [-0.15, -0.1) is 0 Å². The highest BCUT2D eigenvalue weighted by Crippen LogP contribution is 2.20. The van der Waals surface area contributed by atoms with Crippen molar-refractivity contribution < 1.29 is 9.53 Å². The summed E-state index contributed by atoms with van der Waals surface area (Å²) in [6.07, 6.45) is 0.445. The molecule has 0 spiro atoms. The van der Waals surface area contributed by atoms with Gasteiger partial charge in [-0.2, -0.15) is 0 Å². The van der Waals surface area contributed by atoms with Crippen LogP contribution in [0.4, 0.5) is 0 Å². The molecule has 0 aromatic carbocycles. The lowest BCUT2D eigenvalue weighted by atomic mass is 9.91. The fraction of sp³-hybridized carbons (Fsp3) is 0.909. The van der Waals surface area contributed by atoms with E-state index in [0.717, 1.165) is 13.1 Å². The lowest BCUT2D eigenvalue weighted by molar-refractivity contribution is -0.133. The summed E-state index contributed by atoms with van der Waals surface area (Å²) in [7, 11) is 0. The number of nitrogens with one attached hydrogen (secondary N) is 1. The Hall–Kier alpha value is -0.650. The molecule has 3 N–H and O–H groups in total. The number of carbonyl (C=O) groups excluding carboxylic acids is 1. The van der Waals surface area contributed by atoms with Gasteiger partial charge in [0.2, 0.25) is 5.91 Å². The Balaban J connectivity index is 2.56. The first-order valence-corrected chi connectivity index (χ1v) is 5.74. The van der Waals surface area contributed by atoms with E-state index < -0.39 is 5.41 Å². The zero-order valence-electron chi connectivity index (χ0n) is 10.6. The molecule has 0 aromatic rings. The first kappa shape index (κ1) is 13.4. The predicted molar refractivity (Wildman–Crippen MR) is 62.6 cm³/mol. The SMILES string of the molecule is C[C@@H]1CN(CC(C)(C)C(=O)NN)C[C@H](C)O1. The molecule has 2 atom stereocenters. The highest BCUT2D eigenvalue weighted by atomic mass is 16.5. The molecule has 0 unspecified atom stereocenters. The molecular weight excluding hydrogens is 206 g/mol. The molecule has 1 amide bonds. The van der Waals surface area contributed by atoms with Crippen LogP contribution in [0.15, 0.2) is 0 Å².